The number of benzene rings is 2. The number of esters is 1. The second kappa shape index (κ2) is 6.87. The molecule has 0 bridgehead atoms. The Kier molecular flexibility index (Phi) is 5.13. The van der Waals surface area contributed by atoms with Crippen molar-refractivity contribution in [3.05, 3.63) is 59.7 Å². The monoisotopic (exact) mass is 326 g/mol. The molecule has 0 atom stereocenters. The zero-order valence-electron chi connectivity index (χ0n) is 11.7. The molecule has 0 aliphatic heterocycles. The van der Waals surface area contributed by atoms with E-state index in [-0.39, 0.29) is 0 Å². The summed E-state index contributed by atoms with van der Waals surface area (Å²) in [7, 11) is 0. The second-order valence-electron chi connectivity index (χ2n) is 4.37. The molecule has 0 aliphatic carbocycles. The highest BCUT2D eigenvalue weighted by Gasteiger charge is 2.29. The minimum Gasteiger partial charge on any atom is -0.462 e. The molecule has 2 aromatic carbocycles. The third-order valence-corrected chi connectivity index (χ3v) is 3.80. The summed E-state index contributed by atoms with van der Waals surface area (Å²) in [5.74, 6) is -0.395. The molecule has 0 N–H and O–H groups in total. The number of hydrogen-bond acceptors (Lipinski definition) is 3. The zero-order valence-corrected chi connectivity index (χ0v) is 12.5. The summed E-state index contributed by atoms with van der Waals surface area (Å²) in [6.45, 7) is 2.04. The van der Waals surface area contributed by atoms with Crippen LogP contribution in [0.3, 0.4) is 0 Å². The highest BCUT2D eigenvalue weighted by atomic mass is 32.2. The van der Waals surface area contributed by atoms with E-state index in [1.165, 1.54) is 23.9 Å². The molecule has 6 heteroatoms. The van der Waals surface area contributed by atoms with Gasteiger partial charge in [-0.3, -0.25) is 0 Å². The van der Waals surface area contributed by atoms with E-state index in [2.05, 4.69) is 0 Å². The van der Waals surface area contributed by atoms with E-state index in [0.717, 1.165) is 17.0 Å². The van der Waals surface area contributed by atoms with Crippen LogP contribution in [-0.2, 0) is 10.9 Å². The SMILES string of the molecule is CCOC(=O)c1ccc(Sc2ccc(C(F)(F)F)cc2)cc1. The van der Waals surface area contributed by atoms with Crippen molar-refractivity contribution in [2.75, 3.05) is 6.61 Å². The first kappa shape index (κ1) is 16.4. The largest absolute Gasteiger partial charge is 0.462 e. The van der Waals surface area contributed by atoms with Gasteiger partial charge in [0.1, 0.15) is 0 Å². The summed E-state index contributed by atoms with van der Waals surface area (Å²) < 4.78 is 42.3. The van der Waals surface area contributed by atoms with Gasteiger partial charge in [0, 0.05) is 9.79 Å². The van der Waals surface area contributed by atoms with Crippen LogP contribution in [0.15, 0.2) is 58.3 Å². The maximum absolute atomic E-state index is 12.5. The van der Waals surface area contributed by atoms with Crippen molar-refractivity contribution in [2.45, 2.75) is 22.9 Å². The lowest BCUT2D eigenvalue weighted by Crippen LogP contribution is -2.04. The van der Waals surface area contributed by atoms with Crippen molar-refractivity contribution in [1.82, 2.24) is 0 Å². The fourth-order valence-electron chi connectivity index (χ4n) is 1.72. The van der Waals surface area contributed by atoms with Crippen molar-refractivity contribution in [3.63, 3.8) is 0 Å². The average Bonchev–Trinajstić information content (AvgIpc) is 2.48. The van der Waals surface area contributed by atoms with Gasteiger partial charge in [0.25, 0.3) is 0 Å². The van der Waals surface area contributed by atoms with Crippen LogP contribution in [0, 0.1) is 0 Å². The van der Waals surface area contributed by atoms with Crippen molar-refractivity contribution >= 4 is 17.7 Å². The Bertz CT molecular complexity index is 634. The van der Waals surface area contributed by atoms with E-state index in [4.69, 9.17) is 4.74 Å². The maximum Gasteiger partial charge on any atom is 0.416 e. The van der Waals surface area contributed by atoms with E-state index in [1.54, 1.807) is 31.2 Å². The number of alkyl halides is 3. The van der Waals surface area contributed by atoms with E-state index < -0.39 is 17.7 Å². The van der Waals surface area contributed by atoms with Crippen LogP contribution in [0.25, 0.3) is 0 Å². The molecule has 0 fully saturated rings. The third kappa shape index (κ3) is 4.27. The summed E-state index contributed by atoms with van der Waals surface area (Å²) in [6.07, 6.45) is -4.33. The summed E-state index contributed by atoms with van der Waals surface area (Å²) in [5.41, 5.74) is -0.229. The van der Waals surface area contributed by atoms with Crippen LogP contribution < -0.4 is 0 Å². The van der Waals surface area contributed by atoms with E-state index in [0.29, 0.717) is 17.1 Å². The van der Waals surface area contributed by atoms with Crippen LogP contribution in [0.5, 0.6) is 0 Å². The molecule has 0 aliphatic rings. The smallest absolute Gasteiger partial charge is 0.416 e. The van der Waals surface area contributed by atoms with Gasteiger partial charge in [-0.25, -0.2) is 4.79 Å². The van der Waals surface area contributed by atoms with Crippen molar-refractivity contribution in [3.8, 4) is 0 Å². The Morgan fingerprint density at radius 1 is 1.00 bits per heavy atom. The lowest BCUT2D eigenvalue weighted by molar-refractivity contribution is -0.137. The normalized spacial score (nSPS) is 11.3. The first-order chi connectivity index (χ1) is 10.4. The van der Waals surface area contributed by atoms with Gasteiger partial charge in [0.2, 0.25) is 0 Å². The summed E-state index contributed by atoms with van der Waals surface area (Å²) in [6, 6.07) is 11.7. The molecular formula is C16H13F3O2S. The van der Waals surface area contributed by atoms with Crippen molar-refractivity contribution < 1.29 is 22.7 Å². The maximum atomic E-state index is 12.5. The van der Waals surface area contributed by atoms with Gasteiger partial charge in [-0.1, -0.05) is 11.8 Å². The molecule has 0 spiro atoms. The molecule has 0 heterocycles. The van der Waals surface area contributed by atoms with Crippen LogP contribution >= 0.6 is 11.8 Å². The summed E-state index contributed by atoms with van der Waals surface area (Å²) in [5, 5.41) is 0. The van der Waals surface area contributed by atoms with Gasteiger partial charge < -0.3 is 4.74 Å². The lowest BCUT2D eigenvalue weighted by Gasteiger charge is -2.08. The van der Waals surface area contributed by atoms with E-state index in [9.17, 15) is 18.0 Å². The van der Waals surface area contributed by atoms with Crippen molar-refractivity contribution in [1.29, 1.82) is 0 Å². The average molecular weight is 326 g/mol. The standard InChI is InChI=1S/C16H13F3O2S/c1-2-21-15(20)11-3-7-13(8-4-11)22-14-9-5-12(6-10-14)16(17,18)19/h3-10H,2H2,1H3. The molecule has 116 valence electrons. The number of hydrogen-bond donors (Lipinski definition) is 0. The second-order valence-corrected chi connectivity index (χ2v) is 5.52. The first-order valence-corrected chi connectivity index (χ1v) is 7.34. The minimum absolute atomic E-state index is 0.306. The topological polar surface area (TPSA) is 26.3 Å². The molecule has 2 nitrogen and oxygen atoms in total. The minimum atomic E-state index is -4.33. The van der Waals surface area contributed by atoms with Crippen LogP contribution in [-0.4, -0.2) is 12.6 Å². The molecule has 2 rings (SSSR count). The number of ether oxygens (including phenoxy) is 1. The number of rotatable bonds is 4. The molecule has 0 aromatic heterocycles. The highest BCUT2D eigenvalue weighted by Crippen LogP contribution is 2.33. The van der Waals surface area contributed by atoms with Crippen LogP contribution in [0.1, 0.15) is 22.8 Å². The molecular weight excluding hydrogens is 313 g/mol. The first-order valence-electron chi connectivity index (χ1n) is 6.52. The molecule has 0 unspecified atom stereocenters. The quantitative estimate of drug-likeness (QED) is 0.737. The fourth-order valence-corrected chi connectivity index (χ4v) is 2.54. The summed E-state index contributed by atoms with van der Waals surface area (Å²) >= 11 is 1.32. The molecule has 0 saturated carbocycles. The fraction of sp³-hybridized carbons (Fsp3) is 0.188. The Labute approximate surface area is 130 Å². The molecule has 2 aromatic rings. The Hall–Kier alpha value is -1.95. The zero-order chi connectivity index (χ0) is 16.2. The van der Waals surface area contributed by atoms with Gasteiger partial charge >= 0.3 is 12.1 Å². The Balaban J connectivity index is 2.06. The van der Waals surface area contributed by atoms with Gasteiger partial charge in [0.15, 0.2) is 0 Å². The molecule has 0 radical (unpaired) electrons. The molecule has 0 amide bonds. The highest BCUT2D eigenvalue weighted by molar-refractivity contribution is 7.99. The number of carbonyl (C=O) groups is 1. The molecule has 22 heavy (non-hydrogen) atoms. The van der Waals surface area contributed by atoms with Crippen LogP contribution in [0.4, 0.5) is 13.2 Å². The van der Waals surface area contributed by atoms with Gasteiger partial charge in [-0.05, 0) is 55.5 Å². The summed E-state index contributed by atoms with van der Waals surface area (Å²) in [4.78, 5) is 13.0. The van der Waals surface area contributed by atoms with E-state index in [1.807, 2.05) is 0 Å². The van der Waals surface area contributed by atoms with Gasteiger partial charge in [0.05, 0.1) is 17.7 Å². The van der Waals surface area contributed by atoms with E-state index >= 15 is 0 Å². The van der Waals surface area contributed by atoms with Crippen molar-refractivity contribution in [2.24, 2.45) is 0 Å². The number of halogens is 3. The van der Waals surface area contributed by atoms with Gasteiger partial charge in [-0.2, -0.15) is 13.2 Å². The molecule has 0 saturated heterocycles. The number of carbonyl (C=O) groups excluding carboxylic acids is 1. The van der Waals surface area contributed by atoms with Gasteiger partial charge in [-0.15, -0.1) is 0 Å². The van der Waals surface area contributed by atoms with Crippen LogP contribution in [0.2, 0.25) is 0 Å². The Morgan fingerprint density at radius 2 is 1.50 bits per heavy atom. The predicted molar refractivity (Wildman–Crippen MR) is 78.0 cm³/mol. The Morgan fingerprint density at radius 3 is 1.95 bits per heavy atom. The third-order valence-electron chi connectivity index (χ3n) is 2.78. The predicted octanol–water partition coefficient (Wildman–Crippen LogP) is 5.03. The lowest BCUT2D eigenvalue weighted by atomic mass is 10.2.